The van der Waals surface area contributed by atoms with E-state index in [0.29, 0.717) is 11.2 Å². The first-order chi connectivity index (χ1) is 11.1. The van der Waals surface area contributed by atoms with Gasteiger partial charge in [0.25, 0.3) is 0 Å². The van der Waals surface area contributed by atoms with Crippen molar-refractivity contribution in [2.45, 2.75) is 72.0 Å². The number of aliphatic imine (C=N–C) groups is 2. The Hall–Kier alpha value is -0.220. The molecule has 0 fully saturated rings. The second kappa shape index (κ2) is 15.3. The van der Waals surface area contributed by atoms with Crippen LogP contribution in [-0.2, 0) is 0 Å². The van der Waals surface area contributed by atoms with Gasteiger partial charge < -0.3 is 0 Å². The average Bonchev–Trinajstić information content (AvgIpc) is 2.55. The molecule has 4 heteroatoms. The Kier molecular flexibility index (Phi) is 15.2. The van der Waals surface area contributed by atoms with Crippen molar-refractivity contribution in [1.82, 2.24) is 0 Å². The molecular formula is C19H36N2S2. The maximum Gasteiger partial charge on any atom is 0.0585 e. The fraction of sp³-hybridized carbons (Fsp3) is 0.789. The van der Waals surface area contributed by atoms with Crippen molar-refractivity contribution < 1.29 is 0 Å². The van der Waals surface area contributed by atoms with Crippen LogP contribution in [0, 0.1) is 5.92 Å². The number of rotatable bonds is 14. The predicted molar refractivity (Wildman–Crippen MR) is 114 cm³/mol. The highest BCUT2D eigenvalue weighted by Crippen LogP contribution is 2.21. The summed E-state index contributed by atoms with van der Waals surface area (Å²) in [6.45, 7) is 14.9. The molecular weight excluding hydrogens is 320 g/mol. The fourth-order valence-electron chi connectivity index (χ4n) is 1.93. The lowest BCUT2D eigenvalue weighted by Crippen LogP contribution is -2.18. The predicted octanol–water partition coefficient (Wildman–Crippen LogP) is 6.47. The summed E-state index contributed by atoms with van der Waals surface area (Å²) in [4.78, 5) is 8.90. The Morgan fingerprint density at radius 1 is 1.17 bits per heavy atom. The SMILES string of the molecule is C=N/C=C(CCC)\N=C(\CSC(C)CC)C(C)CSCCCC. The van der Waals surface area contributed by atoms with Crippen LogP contribution in [0.15, 0.2) is 21.9 Å². The number of hydrogen-bond donors (Lipinski definition) is 0. The highest BCUT2D eigenvalue weighted by molar-refractivity contribution is 8.00. The van der Waals surface area contributed by atoms with Crippen LogP contribution >= 0.6 is 23.5 Å². The second-order valence-electron chi connectivity index (χ2n) is 6.02. The van der Waals surface area contributed by atoms with Gasteiger partial charge in [-0.05, 0) is 31.7 Å². The summed E-state index contributed by atoms with van der Waals surface area (Å²) in [6, 6.07) is 0. The molecule has 0 saturated heterocycles. The molecule has 0 N–H and O–H groups in total. The summed E-state index contributed by atoms with van der Waals surface area (Å²) in [5.74, 6) is 3.99. The van der Waals surface area contributed by atoms with Gasteiger partial charge in [0.15, 0.2) is 0 Å². The fourth-order valence-corrected chi connectivity index (χ4v) is 4.17. The first kappa shape index (κ1) is 22.8. The van der Waals surface area contributed by atoms with Crippen LogP contribution in [0.3, 0.4) is 0 Å². The summed E-state index contributed by atoms with van der Waals surface area (Å²) >= 11 is 4.08. The zero-order valence-electron chi connectivity index (χ0n) is 15.8. The van der Waals surface area contributed by atoms with Crippen molar-refractivity contribution in [1.29, 1.82) is 0 Å². The Labute approximate surface area is 153 Å². The van der Waals surface area contributed by atoms with Crippen molar-refractivity contribution in [3.05, 3.63) is 11.9 Å². The molecule has 0 aliphatic rings. The Bertz CT molecular complexity index is 364. The zero-order chi connectivity index (χ0) is 17.5. The summed E-state index contributed by atoms with van der Waals surface area (Å²) in [6.07, 6.45) is 7.70. The van der Waals surface area contributed by atoms with E-state index in [2.05, 4.69) is 58.1 Å². The molecule has 23 heavy (non-hydrogen) atoms. The molecule has 0 spiro atoms. The van der Waals surface area contributed by atoms with Crippen molar-refractivity contribution in [3.63, 3.8) is 0 Å². The molecule has 0 aromatic heterocycles. The van der Waals surface area contributed by atoms with Crippen LogP contribution in [0.5, 0.6) is 0 Å². The molecule has 0 heterocycles. The van der Waals surface area contributed by atoms with Gasteiger partial charge in [0.05, 0.1) is 5.70 Å². The molecule has 134 valence electrons. The number of thioether (sulfide) groups is 2. The van der Waals surface area contributed by atoms with Gasteiger partial charge in [0.1, 0.15) is 0 Å². The first-order valence-electron chi connectivity index (χ1n) is 9.00. The molecule has 0 amide bonds. The van der Waals surface area contributed by atoms with Gasteiger partial charge >= 0.3 is 0 Å². The summed E-state index contributed by atoms with van der Waals surface area (Å²) < 4.78 is 0. The average molecular weight is 357 g/mol. The van der Waals surface area contributed by atoms with Crippen molar-refractivity contribution in [2.24, 2.45) is 15.9 Å². The largest absolute Gasteiger partial charge is 0.271 e. The molecule has 2 atom stereocenters. The molecule has 0 radical (unpaired) electrons. The van der Waals surface area contributed by atoms with Crippen molar-refractivity contribution in [2.75, 3.05) is 17.3 Å². The van der Waals surface area contributed by atoms with Crippen molar-refractivity contribution >= 4 is 36.0 Å². The topological polar surface area (TPSA) is 24.7 Å². The smallest absolute Gasteiger partial charge is 0.0585 e. The number of nitrogens with zero attached hydrogens (tertiary/aromatic N) is 2. The standard InChI is InChI=1S/C19H36N2S2/c1-7-10-12-22-14-16(4)19(15-23-17(5)9-3)21-18(11-8-2)13-20-6/h13,16-17H,6-12,14-15H2,1-5H3/b18-13-,21-19-. The molecule has 0 aliphatic heterocycles. The minimum absolute atomic E-state index is 0.526. The van der Waals surface area contributed by atoms with E-state index >= 15 is 0 Å². The number of allylic oxidation sites excluding steroid dienone is 1. The van der Waals surface area contributed by atoms with Gasteiger partial charge in [-0.25, -0.2) is 0 Å². The summed E-state index contributed by atoms with van der Waals surface area (Å²) in [7, 11) is 0. The van der Waals surface area contributed by atoms with E-state index in [0.717, 1.165) is 24.3 Å². The van der Waals surface area contributed by atoms with Crippen LogP contribution in [0.4, 0.5) is 0 Å². The van der Waals surface area contributed by atoms with Crippen molar-refractivity contribution in [3.8, 4) is 0 Å². The van der Waals surface area contributed by atoms with E-state index in [1.807, 2.05) is 18.0 Å². The van der Waals surface area contributed by atoms with E-state index < -0.39 is 0 Å². The maximum atomic E-state index is 4.97. The second-order valence-corrected chi connectivity index (χ2v) is 8.59. The van der Waals surface area contributed by atoms with Crippen LogP contribution in [0.25, 0.3) is 0 Å². The Balaban J connectivity index is 4.89. The van der Waals surface area contributed by atoms with Gasteiger partial charge in [-0.1, -0.05) is 47.5 Å². The van der Waals surface area contributed by atoms with E-state index in [4.69, 9.17) is 4.99 Å². The quantitative estimate of drug-likeness (QED) is 0.263. The van der Waals surface area contributed by atoms with Gasteiger partial charge in [0.2, 0.25) is 0 Å². The summed E-state index contributed by atoms with van der Waals surface area (Å²) in [5, 5.41) is 0.691. The third kappa shape index (κ3) is 11.9. The minimum Gasteiger partial charge on any atom is -0.271 e. The maximum absolute atomic E-state index is 4.97. The lowest BCUT2D eigenvalue weighted by atomic mass is 10.1. The van der Waals surface area contributed by atoms with Crippen LogP contribution in [0.2, 0.25) is 0 Å². The number of unbranched alkanes of at least 4 members (excludes halogenated alkanes) is 1. The van der Waals surface area contributed by atoms with E-state index in [1.165, 1.54) is 36.5 Å². The molecule has 0 aromatic rings. The van der Waals surface area contributed by atoms with Crippen LogP contribution in [-0.4, -0.2) is 34.9 Å². The molecule has 0 aromatic carbocycles. The van der Waals surface area contributed by atoms with E-state index in [1.54, 1.807) is 0 Å². The van der Waals surface area contributed by atoms with Crippen LogP contribution < -0.4 is 0 Å². The lowest BCUT2D eigenvalue weighted by molar-refractivity contribution is 0.853. The highest BCUT2D eigenvalue weighted by Gasteiger charge is 2.13. The van der Waals surface area contributed by atoms with Gasteiger partial charge in [-0.2, -0.15) is 23.5 Å². The monoisotopic (exact) mass is 356 g/mol. The van der Waals surface area contributed by atoms with Gasteiger partial charge in [-0.3, -0.25) is 9.98 Å². The molecule has 0 bridgehead atoms. The summed E-state index contributed by atoms with van der Waals surface area (Å²) in [5.41, 5.74) is 2.40. The third-order valence-corrected chi connectivity index (χ3v) is 6.38. The normalized spacial score (nSPS) is 15.5. The van der Waals surface area contributed by atoms with Gasteiger partial charge in [-0.15, -0.1) is 0 Å². The minimum atomic E-state index is 0.526. The number of hydrogen-bond acceptors (Lipinski definition) is 4. The van der Waals surface area contributed by atoms with E-state index in [-0.39, 0.29) is 0 Å². The molecule has 2 unspecified atom stereocenters. The zero-order valence-corrected chi connectivity index (χ0v) is 17.4. The molecule has 0 aliphatic carbocycles. The molecule has 0 saturated carbocycles. The lowest BCUT2D eigenvalue weighted by Gasteiger charge is -2.17. The van der Waals surface area contributed by atoms with Gasteiger partial charge in [0, 0.05) is 34.6 Å². The van der Waals surface area contributed by atoms with Crippen LogP contribution in [0.1, 0.15) is 66.7 Å². The highest BCUT2D eigenvalue weighted by atomic mass is 32.2. The van der Waals surface area contributed by atoms with E-state index in [9.17, 15) is 0 Å². The molecule has 2 nitrogen and oxygen atoms in total. The first-order valence-corrected chi connectivity index (χ1v) is 11.2. The third-order valence-electron chi connectivity index (χ3n) is 3.70. The Morgan fingerprint density at radius 2 is 1.91 bits per heavy atom. The Morgan fingerprint density at radius 3 is 2.48 bits per heavy atom. The molecule has 0 rings (SSSR count).